The molecule has 0 N–H and O–H groups in total. The van der Waals surface area contributed by atoms with Crippen LogP contribution in [-0.4, -0.2) is 29.3 Å². The molecule has 3 aromatic carbocycles. The van der Waals surface area contributed by atoms with Gasteiger partial charge in [0.1, 0.15) is 6.61 Å². The third kappa shape index (κ3) is 4.25. The van der Waals surface area contributed by atoms with Crippen molar-refractivity contribution in [3.8, 4) is 0 Å². The quantitative estimate of drug-likeness (QED) is 0.512. The summed E-state index contributed by atoms with van der Waals surface area (Å²) < 4.78 is 8.98. The van der Waals surface area contributed by atoms with Gasteiger partial charge in [0, 0.05) is 14.6 Å². The molecule has 3 aromatic rings. The molecule has 0 bridgehead atoms. The lowest BCUT2D eigenvalue weighted by molar-refractivity contribution is 0.222. The van der Waals surface area contributed by atoms with Gasteiger partial charge in [-0.05, 0) is 33.6 Å². The van der Waals surface area contributed by atoms with E-state index < -0.39 is 8.07 Å². The molecule has 164 valence electrons. The van der Waals surface area contributed by atoms with Crippen molar-refractivity contribution < 1.29 is 4.74 Å². The first-order valence-corrected chi connectivity index (χ1v) is 12.7. The average molecular weight is 443 g/mol. The standard InChI is InChI=1S/C28H31N2OP/c1-28(2,3)26-20-31-27(29-26)25-18-21-12-10-11-13-22(21)19-30(25)32(23-14-6-4-7-15-23)24-16-8-5-9-17-24/h4-17,25-26H,18-20H2,1-3H3/t25-,26-/m0/s1. The minimum Gasteiger partial charge on any atom is -0.478 e. The summed E-state index contributed by atoms with van der Waals surface area (Å²) >= 11 is 0. The molecule has 2 atom stereocenters. The minimum atomic E-state index is -0.719. The highest BCUT2D eigenvalue weighted by Gasteiger charge is 2.40. The molecule has 0 unspecified atom stereocenters. The number of hydrogen-bond acceptors (Lipinski definition) is 3. The lowest BCUT2D eigenvalue weighted by Gasteiger charge is -2.41. The topological polar surface area (TPSA) is 24.8 Å². The van der Waals surface area contributed by atoms with E-state index in [-0.39, 0.29) is 17.5 Å². The van der Waals surface area contributed by atoms with Crippen LogP contribution in [0.1, 0.15) is 31.9 Å². The van der Waals surface area contributed by atoms with Gasteiger partial charge in [-0.1, -0.05) is 106 Å². The Balaban J connectivity index is 1.61. The number of rotatable bonds is 4. The van der Waals surface area contributed by atoms with Crippen molar-refractivity contribution in [3.63, 3.8) is 0 Å². The van der Waals surface area contributed by atoms with Crippen molar-refractivity contribution >= 4 is 24.6 Å². The van der Waals surface area contributed by atoms with E-state index in [0.29, 0.717) is 6.61 Å². The number of benzene rings is 3. The SMILES string of the molecule is CC(C)(C)[C@@H]1COC([C@@H]2Cc3ccccc3CN2P(c2ccccc2)c2ccccc2)=N1. The number of nitrogens with zero attached hydrogens (tertiary/aromatic N) is 2. The first-order valence-electron chi connectivity index (χ1n) is 11.4. The van der Waals surface area contributed by atoms with Crippen molar-refractivity contribution in [3.05, 3.63) is 96.1 Å². The molecule has 0 saturated carbocycles. The second-order valence-electron chi connectivity index (χ2n) is 9.73. The van der Waals surface area contributed by atoms with Gasteiger partial charge >= 0.3 is 0 Å². The zero-order chi connectivity index (χ0) is 22.1. The summed E-state index contributed by atoms with van der Waals surface area (Å²) in [5.74, 6) is 0.916. The van der Waals surface area contributed by atoms with E-state index in [2.05, 4.69) is 110 Å². The Morgan fingerprint density at radius 1 is 0.812 bits per heavy atom. The zero-order valence-electron chi connectivity index (χ0n) is 19.1. The van der Waals surface area contributed by atoms with Crippen LogP contribution in [0.2, 0.25) is 0 Å². The van der Waals surface area contributed by atoms with Crippen LogP contribution in [0.4, 0.5) is 0 Å². The van der Waals surface area contributed by atoms with Crippen molar-refractivity contribution in [2.24, 2.45) is 10.4 Å². The van der Waals surface area contributed by atoms with Crippen LogP contribution >= 0.6 is 8.07 Å². The van der Waals surface area contributed by atoms with Crippen molar-refractivity contribution in [1.82, 2.24) is 4.67 Å². The van der Waals surface area contributed by atoms with E-state index in [4.69, 9.17) is 9.73 Å². The molecular formula is C28H31N2OP. The summed E-state index contributed by atoms with van der Waals surface area (Å²) in [6, 6.07) is 31.1. The fraction of sp³-hybridized carbons (Fsp3) is 0.321. The predicted octanol–water partition coefficient (Wildman–Crippen LogP) is 5.30. The highest BCUT2D eigenvalue weighted by atomic mass is 31.1. The molecule has 0 aliphatic carbocycles. The normalized spacial score (nSPS) is 21.2. The Bertz CT molecular complexity index is 1050. The molecule has 0 radical (unpaired) electrons. The fourth-order valence-corrected chi connectivity index (χ4v) is 7.09. The maximum Gasteiger partial charge on any atom is 0.202 e. The summed E-state index contributed by atoms with van der Waals surface area (Å²) in [4.78, 5) is 5.14. The molecule has 3 nitrogen and oxygen atoms in total. The molecule has 2 aliphatic heterocycles. The second-order valence-corrected chi connectivity index (χ2v) is 11.9. The van der Waals surface area contributed by atoms with Crippen LogP contribution in [0.15, 0.2) is 89.9 Å². The Kier molecular flexibility index (Phi) is 5.88. The summed E-state index contributed by atoms with van der Waals surface area (Å²) in [5, 5.41) is 2.73. The molecular weight excluding hydrogens is 411 g/mol. The largest absolute Gasteiger partial charge is 0.478 e. The first-order chi connectivity index (χ1) is 15.5. The van der Waals surface area contributed by atoms with E-state index in [9.17, 15) is 0 Å². The van der Waals surface area contributed by atoms with Crippen LogP contribution in [0.3, 0.4) is 0 Å². The molecule has 0 aromatic heterocycles. The first kappa shape index (κ1) is 21.4. The maximum atomic E-state index is 6.32. The summed E-state index contributed by atoms with van der Waals surface area (Å²) in [7, 11) is -0.719. The van der Waals surface area contributed by atoms with Gasteiger partial charge in [-0.3, -0.25) is 4.67 Å². The molecule has 2 aliphatic rings. The Morgan fingerprint density at radius 2 is 1.38 bits per heavy atom. The van der Waals surface area contributed by atoms with E-state index >= 15 is 0 Å². The number of fused-ring (bicyclic) bond motifs is 1. The van der Waals surface area contributed by atoms with Gasteiger partial charge in [0.2, 0.25) is 5.90 Å². The molecule has 0 amide bonds. The van der Waals surface area contributed by atoms with Crippen molar-refractivity contribution in [2.45, 2.75) is 45.8 Å². The Hall–Kier alpha value is -2.48. The number of ether oxygens (including phenoxy) is 1. The van der Waals surface area contributed by atoms with Crippen LogP contribution in [-0.2, 0) is 17.7 Å². The van der Waals surface area contributed by atoms with E-state index in [1.54, 1.807) is 0 Å². The van der Waals surface area contributed by atoms with Crippen LogP contribution in [0, 0.1) is 5.41 Å². The molecule has 2 heterocycles. The highest BCUT2D eigenvalue weighted by molar-refractivity contribution is 7.70. The number of aliphatic imine (C=N–C) groups is 1. The summed E-state index contributed by atoms with van der Waals surface area (Å²) in [6.45, 7) is 8.34. The minimum absolute atomic E-state index is 0.0999. The molecule has 0 saturated heterocycles. The van der Waals surface area contributed by atoms with E-state index in [1.807, 2.05) is 0 Å². The van der Waals surface area contributed by atoms with Crippen LogP contribution in [0.5, 0.6) is 0 Å². The summed E-state index contributed by atoms with van der Waals surface area (Å²) in [5.41, 5.74) is 2.92. The molecule has 0 fully saturated rings. The van der Waals surface area contributed by atoms with E-state index in [1.165, 1.54) is 21.7 Å². The second kappa shape index (κ2) is 8.81. The molecule has 0 spiro atoms. The van der Waals surface area contributed by atoms with Gasteiger partial charge < -0.3 is 4.74 Å². The lowest BCUT2D eigenvalue weighted by atomic mass is 9.88. The Labute approximate surface area is 193 Å². The predicted molar refractivity (Wildman–Crippen MR) is 135 cm³/mol. The molecule has 5 rings (SSSR count). The van der Waals surface area contributed by atoms with Gasteiger partial charge in [0.15, 0.2) is 0 Å². The van der Waals surface area contributed by atoms with Crippen LogP contribution < -0.4 is 10.6 Å². The van der Waals surface area contributed by atoms with Gasteiger partial charge in [-0.25, -0.2) is 4.99 Å². The van der Waals surface area contributed by atoms with Crippen molar-refractivity contribution in [1.29, 1.82) is 0 Å². The summed E-state index contributed by atoms with van der Waals surface area (Å²) in [6.07, 6.45) is 0.935. The van der Waals surface area contributed by atoms with Gasteiger partial charge in [0.05, 0.1) is 12.1 Å². The monoisotopic (exact) mass is 442 g/mol. The Morgan fingerprint density at radius 3 is 1.94 bits per heavy atom. The van der Waals surface area contributed by atoms with Crippen molar-refractivity contribution in [2.75, 3.05) is 6.61 Å². The lowest BCUT2D eigenvalue weighted by Crippen LogP contribution is -2.45. The number of hydrogen-bond donors (Lipinski definition) is 0. The highest BCUT2D eigenvalue weighted by Crippen LogP contribution is 2.45. The molecule has 32 heavy (non-hydrogen) atoms. The van der Waals surface area contributed by atoms with Gasteiger partial charge in [-0.2, -0.15) is 0 Å². The van der Waals surface area contributed by atoms with E-state index in [0.717, 1.165) is 18.9 Å². The fourth-order valence-electron chi connectivity index (χ4n) is 4.54. The van der Waals surface area contributed by atoms with Crippen LogP contribution in [0.25, 0.3) is 0 Å². The zero-order valence-corrected chi connectivity index (χ0v) is 20.0. The average Bonchev–Trinajstić information content (AvgIpc) is 3.31. The van der Waals surface area contributed by atoms with Gasteiger partial charge in [0.25, 0.3) is 0 Å². The third-order valence-corrected chi connectivity index (χ3v) is 8.95. The maximum absolute atomic E-state index is 6.32. The smallest absolute Gasteiger partial charge is 0.202 e. The van der Waals surface area contributed by atoms with Gasteiger partial charge in [-0.15, -0.1) is 0 Å². The molecule has 4 heteroatoms. The third-order valence-electron chi connectivity index (χ3n) is 6.44.